The number of nitrogens with zero attached hydrogens (tertiary/aromatic N) is 3. The van der Waals surface area contributed by atoms with E-state index in [1.807, 2.05) is 66.6 Å². The normalized spacial score (nSPS) is 33.6. The molecule has 7 heteroatoms. The van der Waals surface area contributed by atoms with Gasteiger partial charge in [-0.1, -0.05) is 55.5 Å². The van der Waals surface area contributed by atoms with Gasteiger partial charge in [-0.25, -0.2) is 9.98 Å². The van der Waals surface area contributed by atoms with Crippen molar-refractivity contribution in [2.45, 2.75) is 37.8 Å². The molecule has 0 spiro atoms. The first kappa shape index (κ1) is 20.9. The molecule has 166 valence electrons. The van der Waals surface area contributed by atoms with Crippen molar-refractivity contribution < 1.29 is 15.3 Å². The fourth-order valence-electron chi connectivity index (χ4n) is 5.08. The number of fused-ring (bicyclic) bond motifs is 1. The van der Waals surface area contributed by atoms with E-state index in [0.29, 0.717) is 6.42 Å². The Balaban J connectivity index is 1.53. The Bertz CT molecular complexity index is 1060. The minimum absolute atomic E-state index is 0.159. The molecule has 0 radical (unpaired) electrons. The monoisotopic (exact) mass is 432 g/mol. The average Bonchev–Trinajstić information content (AvgIpc) is 3.33. The van der Waals surface area contributed by atoms with E-state index in [2.05, 4.69) is 27.4 Å². The van der Waals surface area contributed by atoms with Gasteiger partial charge < -0.3 is 25.5 Å². The minimum atomic E-state index is -1.01. The van der Waals surface area contributed by atoms with Crippen molar-refractivity contribution >= 4 is 23.4 Å². The van der Waals surface area contributed by atoms with Crippen molar-refractivity contribution in [3.63, 3.8) is 0 Å². The lowest BCUT2D eigenvalue weighted by molar-refractivity contribution is -0.0448. The van der Waals surface area contributed by atoms with Crippen LogP contribution in [0.15, 0.2) is 76.8 Å². The first-order valence-corrected chi connectivity index (χ1v) is 10.9. The number of nitrogens with one attached hydrogen (secondary N) is 1. The van der Waals surface area contributed by atoms with Gasteiger partial charge in [-0.05, 0) is 29.7 Å². The summed E-state index contributed by atoms with van der Waals surface area (Å²) >= 11 is 0. The molecule has 1 fully saturated rings. The summed E-state index contributed by atoms with van der Waals surface area (Å²) in [4.78, 5) is 11.3. The van der Waals surface area contributed by atoms with E-state index >= 15 is 0 Å². The number of hydrogen-bond donors (Lipinski definition) is 4. The standard InChI is InChI=1S/C25H28N4O3/c1-25(14-30)12-19(21(31)22(25)32)29-13-18(16-8-4-2-5-9-16)20-23(26-15-27-24(20)29)28-17-10-6-3-7-11-17/h2-11,13,15,19-22,24,30-32H,12,14H2,1H3,(H,26,27,28)/t19-,20?,21?,22?,24?,25-/m1/s1. The molecule has 6 atom stereocenters. The Kier molecular flexibility index (Phi) is 5.33. The molecular weight excluding hydrogens is 404 g/mol. The molecule has 4 unspecified atom stereocenters. The number of benzene rings is 2. The summed E-state index contributed by atoms with van der Waals surface area (Å²) < 4.78 is 0. The summed E-state index contributed by atoms with van der Waals surface area (Å²) in [5.41, 5.74) is 2.28. The van der Waals surface area contributed by atoms with Crippen LogP contribution < -0.4 is 5.32 Å². The van der Waals surface area contributed by atoms with Gasteiger partial charge in [0.15, 0.2) is 0 Å². The van der Waals surface area contributed by atoms with Crippen LogP contribution in [0.1, 0.15) is 18.9 Å². The first-order valence-electron chi connectivity index (χ1n) is 10.9. The van der Waals surface area contributed by atoms with Crippen LogP contribution in [-0.2, 0) is 0 Å². The molecule has 2 aliphatic heterocycles. The predicted molar refractivity (Wildman–Crippen MR) is 125 cm³/mol. The van der Waals surface area contributed by atoms with Crippen molar-refractivity contribution in [3.05, 3.63) is 72.4 Å². The van der Waals surface area contributed by atoms with Crippen molar-refractivity contribution in [1.82, 2.24) is 4.90 Å². The minimum Gasteiger partial charge on any atom is -0.396 e. The van der Waals surface area contributed by atoms with Gasteiger partial charge in [0.1, 0.15) is 24.4 Å². The maximum atomic E-state index is 10.9. The Hall–Kier alpha value is -3.00. The molecule has 0 saturated heterocycles. The number of hydrogen-bond acceptors (Lipinski definition) is 7. The van der Waals surface area contributed by atoms with Gasteiger partial charge in [0, 0.05) is 17.3 Å². The van der Waals surface area contributed by atoms with E-state index in [0.717, 1.165) is 22.7 Å². The van der Waals surface area contributed by atoms with Crippen LogP contribution in [0.25, 0.3) is 5.57 Å². The fraction of sp³-hybridized carbons (Fsp3) is 0.360. The molecule has 1 saturated carbocycles. The second-order valence-corrected chi connectivity index (χ2v) is 9.08. The van der Waals surface area contributed by atoms with Crippen LogP contribution in [0.4, 0.5) is 5.69 Å². The zero-order valence-electron chi connectivity index (χ0n) is 17.9. The van der Waals surface area contributed by atoms with Crippen LogP contribution in [0.3, 0.4) is 0 Å². The van der Waals surface area contributed by atoms with Crippen molar-refractivity contribution in [2.75, 3.05) is 11.9 Å². The Morgan fingerprint density at radius 3 is 2.41 bits per heavy atom. The predicted octanol–water partition coefficient (Wildman–Crippen LogP) is 2.33. The van der Waals surface area contributed by atoms with E-state index in [1.165, 1.54) is 0 Å². The largest absolute Gasteiger partial charge is 0.396 e. The van der Waals surface area contributed by atoms with E-state index in [-0.39, 0.29) is 24.7 Å². The summed E-state index contributed by atoms with van der Waals surface area (Å²) in [5, 5.41) is 34.9. The van der Waals surface area contributed by atoms with Crippen LogP contribution in [0.2, 0.25) is 0 Å². The van der Waals surface area contributed by atoms with Gasteiger partial charge in [0.2, 0.25) is 0 Å². The second-order valence-electron chi connectivity index (χ2n) is 9.08. The Morgan fingerprint density at radius 1 is 1.06 bits per heavy atom. The van der Waals surface area contributed by atoms with Crippen LogP contribution in [0, 0.1) is 11.3 Å². The molecule has 4 N–H and O–H groups in total. The number of para-hydroxylation sites is 1. The van der Waals surface area contributed by atoms with E-state index < -0.39 is 17.6 Å². The molecule has 7 nitrogen and oxygen atoms in total. The molecule has 0 aromatic heterocycles. The first-order chi connectivity index (χ1) is 15.5. The molecule has 0 bridgehead atoms. The summed E-state index contributed by atoms with van der Waals surface area (Å²) in [6.45, 7) is 1.62. The quantitative estimate of drug-likeness (QED) is 0.594. The van der Waals surface area contributed by atoms with E-state index in [4.69, 9.17) is 0 Å². The van der Waals surface area contributed by atoms with Gasteiger partial charge in [0.05, 0.1) is 24.7 Å². The number of anilines is 1. The summed E-state index contributed by atoms with van der Waals surface area (Å²) in [6, 6.07) is 19.6. The third-order valence-corrected chi connectivity index (χ3v) is 6.94. The Morgan fingerprint density at radius 2 is 1.75 bits per heavy atom. The fourth-order valence-corrected chi connectivity index (χ4v) is 5.08. The van der Waals surface area contributed by atoms with Gasteiger partial charge in [-0.3, -0.25) is 0 Å². The maximum absolute atomic E-state index is 10.9. The van der Waals surface area contributed by atoms with Crippen molar-refractivity contribution in [1.29, 1.82) is 0 Å². The van der Waals surface area contributed by atoms with Crippen molar-refractivity contribution in [2.24, 2.45) is 21.3 Å². The highest BCUT2D eigenvalue weighted by atomic mass is 16.3. The molecule has 5 rings (SSSR count). The summed E-state index contributed by atoms with van der Waals surface area (Å²) in [5.74, 6) is 0.625. The third-order valence-electron chi connectivity index (χ3n) is 6.94. The summed E-state index contributed by atoms with van der Waals surface area (Å²) in [7, 11) is 0. The van der Waals surface area contributed by atoms with Crippen LogP contribution in [-0.4, -0.2) is 63.4 Å². The number of amidine groups is 1. The summed E-state index contributed by atoms with van der Waals surface area (Å²) in [6.07, 6.45) is 1.76. The molecule has 32 heavy (non-hydrogen) atoms. The van der Waals surface area contributed by atoms with Gasteiger partial charge in [-0.2, -0.15) is 0 Å². The van der Waals surface area contributed by atoms with Gasteiger partial charge in [-0.15, -0.1) is 0 Å². The van der Waals surface area contributed by atoms with Crippen LogP contribution >= 0.6 is 0 Å². The second kappa shape index (κ2) is 8.16. The van der Waals surface area contributed by atoms with E-state index in [9.17, 15) is 15.3 Å². The number of aliphatic imine (C=N–C) groups is 2. The molecule has 2 aromatic rings. The molecule has 2 aromatic carbocycles. The van der Waals surface area contributed by atoms with Crippen LogP contribution in [0.5, 0.6) is 0 Å². The lowest BCUT2D eigenvalue weighted by Crippen LogP contribution is -2.47. The van der Waals surface area contributed by atoms with E-state index in [1.54, 1.807) is 6.34 Å². The topological polar surface area (TPSA) is 101 Å². The smallest absolute Gasteiger partial charge is 0.136 e. The third kappa shape index (κ3) is 3.43. The highest BCUT2D eigenvalue weighted by molar-refractivity contribution is 6.09. The lowest BCUT2D eigenvalue weighted by Gasteiger charge is -2.35. The lowest BCUT2D eigenvalue weighted by atomic mass is 9.87. The highest BCUT2D eigenvalue weighted by Crippen LogP contribution is 2.46. The molecule has 1 aliphatic carbocycles. The van der Waals surface area contributed by atoms with Gasteiger partial charge >= 0.3 is 0 Å². The maximum Gasteiger partial charge on any atom is 0.136 e. The SMILES string of the molecule is C[C@]1(CO)C[C@@H](N2C=C(c3ccccc3)C3C(Nc4ccccc4)=NC=NC32)C(O)C1O. The molecule has 0 amide bonds. The highest BCUT2D eigenvalue weighted by Gasteiger charge is 2.54. The zero-order chi connectivity index (χ0) is 22.3. The molecular formula is C25H28N4O3. The number of aliphatic hydroxyl groups is 3. The molecule has 3 aliphatic rings. The molecule has 2 heterocycles. The Labute approximate surface area is 187 Å². The zero-order valence-corrected chi connectivity index (χ0v) is 17.9. The van der Waals surface area contributed by atoms with Crippen molar-refractivity contribution in [3.8, 4) is 0 Å². The average molecular weight is 433 g/mol. The number of aliphatic hydroxyl groups excluding tert-OH is 3. The van der Waals surface area contributed by atoms with Gasteiger partial charge in [0.25, 0.3) is 0 Å². The number of rotatable bonds is 4.